The van der Waals surface area contributed by atoms with Crippen LogP contribution in [0, 0.1) is 11.6 Å². The number of carboxylic acid groups (broad SMARTS) is 1. The minimum atomic E-state index is -1.30. The van der Waals surface area contributed by atoms with Gasteiger partial charge in [-0.25, -0.2) is 13.6 Å². The van der Waals surface area contributed by atoms with Gasteiger partial charge in [-0.1, -0.05) is 12.1 Å². The van der Waals surface area contributed by atoms with E-state index in [2.05, 4.69) is 5.32 Å². The van der Waals surface area contributed by atoms with E-state index < -0.39 is 29.6 Å². The quantitative estimate of drug-likeness (QED) is 0.832. The van der Waals surface area contributed by atoms with Crippen LogP contribution in [0.15, 0.2) is 18.2 Å². The Morgan fingerprint density at radius 3 is 2.59 bits per heavy atom. The summed E-state index contributed by atoms with van der Waals surface area (Å²) in [6.45, 7) is 1.15. The first-order chi connectivity index (χ1) is 7.91. The molecule has 6 heteroatoms. The van der Waals surface area contributed by atoms with Gasteiger partial charge in [-0.2, -0.15) is 0 Å². The van der Waals surface area contributed by atoms with E-state index in [0.29, 0.717) is 0 Å². The van der Waals surface area contributed by atoms with Gasteiger partial charge in [-0.3, -0.25) is 4.79 Å². The predicted octanol–water partition coefficient (Wildman–Crippen LogP) is 1.10. The normalized spacial score (nSPS) is 11.9. The van der Waals surface area contributed by atoms with Gasteiger partial charge < -0.3 is 10.4 Å². The molecule has 0 aliphatic heterocycles. The smallest absolute Gasteiger partial charge is 0.326 e. The highest BCUT2D eigenvalue weighted by atomic mass is 19.2. The molecule has 2 N–H and O–H groups in total. The second-order valence-corrected chi connectivity index (χ2v) is 3.51. The van der Waals surface area contributed by atoms with Crippen LogP contribution in [-0.4, -0.2) is 23.0 Å². The fraction of sp³-hybridized carbons (Fsp3) is 0.273. The zero-order valence-electron chi connectivity index (χ0n) is 9.04. The average Bonchev–Trinajstić information content (AvgIpc) is 2.22. The molecule has 0 spiro atoms. The molecule has 1 rings (SSSR count). The van der Waals surface area contributed by atoms with Crippen molar-refractivity contribution >= 4 is 11.9 Å². The maximum absolute atomic E-state index is 13.3. The highest BCUT2D eigenvalue weighted by Crippen LogP contribution is 2.13. The Morgan fingerprint density at radius 2 is 2.06 bits per heavy atom. The molecule has 4 nitrogen and oxygen atoms in total. The first-order valence-corrected chi connectivity index (χ1v) is 4.84. The number of carboxylic acids is 1. The Kier molecular flexibility index (Phi) is 4.14. The lowest BCUT2D eigenvalue weighted by molar-refractivity contribution is -0.141. The van der Waals surface area contributed by atoms with Crippen molar-refractivity contribution < 1.29 is 23.5 Å². The van der Waals surface area contributed by atoms with Gasteiger partial charge in [-0.15, -0.1) is 0 Å². The molecule has 0 unspecified atom stereocenters. The summed E-state index contributed by atoms with van der Waals surface area (Å²) in [5, 5.41) is 11.0. The monoisotopic (exact) mass is 243 g/mol. The van der Waals surface area contributed by atoms with Gasteiger partial charge in [-0.05, 0) is 11.6 Å². The summed E-state index contributed by atoms with van der Waals surface area (Å²) in [7, 11) is 0. The summed E-state index contributed by atoms with van der Waals surface area (Å²) < 4.78 is 26.2. The van der Waals surface area contributed by atoms with Gasteiger partial charge in [0, 0.05) is 13.3 Å². The topological polar surface area (TPSA) is 66.4 Å². The molecule has 1 aromatic rings. The summed E-state index contributed by atoms with van der Waals surface area (Å²) in [4.78, 5) is 21.6. The van der Waals surface area contributed by atoms with Crippen LogP contribution in [0.1, 0.15) is 12.5 Å². The summed E-state index contributed by atoms with van der Waals surface area (Å²) in [5.41, 5.74) is -0.0915. The van der Waals surface area contributed by atoms with Crippen molar-refractivity contribution in [3.8, 4) is 0 Å². The maximum atomic E-state index is 13.3. The Labute approximate surface area is 96.3 Å². The van der Waals surface area contributed by atoms with Crippen LogP contribution in [0.4, 0.5) is 8.78 Å². The van der Waals surface area contributed by atoms with E-state index in [1.54, 1.807) is 0 Å². The van der Waals surface area contributed by atoms with E-state index in [1.165, 1.54) is 12.1 Å². The Morgan fingerprint density at radius 1 is 1.41 bits per heavy atom. The van der Waals surface area contributed by atoms with Crippen LogP contribution in [0.5, 0.6) is 0 Å². The lowest BCUT2D eigenvalue weighted by Gasteiger charge is -2.13. The van der Waals surface area contributed by atoms with Crippen LogP contribution in [0.3, 0.4) is 0 Å². The van der Waals surface area contributed by atoms with E-state index in [4.69, 9.17) is 5.11 Å². The summed E-state index contributed by atoms with van der Waals surface area (Å²) in [6.07, 6.45) is -0.307. The molecule has 0 bridgehead atoms. The number of aliphatic carboxylic acids is 1. The van der Waals surface area contributed by atoms with E-state index in [0.717, 1.165) is 13.0 Å². The number of amides is 1. The van der Waals surface area contributed by atoms with Crippen LogP contribution in [-0.2, 0) is 16.0 Å². The molecule has 0 aliphatic carbocycles. The second-order valence-electron chi connectivity index (χ2n) is 3.51. The fourth-order valence-corrected chi connectivity index (χ4v) is 1.37. The molecular weight excluding hydrogens is 232 g/mol. The number of benzene rings is 1. The fourth-order valence-electron chi connectivity index (χ4n) is 1.37. The first-order valence-electron chi connectivity index (χ1n) is 4.84. The third-order valence-corrected chi connectivity index (χ3v) is 2.13. The number of halogens is 2. The SMILES string of the molecule is CC(=O)N[C@@H](Cc1cccc(F)c1F)C(=O)O. The molecule has 1 atom stereocenters. The van der Waals surface area contributed by atoms with E-state index >= 15 is 0 Å². The highest BCUT2D eigenvalue weighted by molar-refractivity contribution is 5.82. The highest BCUT2D eigenvalue weighted by Gasteiger charge is 2.21. The van der Waals surface area contributed by atoms with Crippen LogP contribution < -0.4 is 5.32 Å². The number of carbonyl (C=O) groups excluding carboxylic acids is 1. The lowest BCUT2D eigenvalue weighted by atomic mass is 10.1. The molecule has 17 heavy (non-hydrogen) atoms. The van der Waals surface area contributed by atoms with Gasteiger partial charge in [0.25, 0.3) is 0 Å². The standard InChI is InChI=1S/C11H11F2NO3/c1-6(15)14-9(11(16)17)5-7-3-2-4-8(12)10(7)13/h2-4,9H,5H2,1H3,(H,14,15)(H,16,17)/t9-/m0/s1. The van der Waals surface area contributed by atoms with Crippen molar-refractivity contribution in [2.24, 2.45) is 0 Å². The molecule has 0 saturated carbocycles. The second kappa shape index (κ2) is 5.38. The minimum Gasteiger partial charge on any atom is -0.480 e. The van der Waals surface area contributed by atoms with Crippen LogP contribution >= 0.6 is 0 Å². The molecule has 0 saturated heterocycles. The van der Waals surface area contributed by atoms with E-state index in [9.17, 15) is 18.4 Å². The molecule has 0 fully saturated rings. The van der Waals surface area contributed by atoms with Crippen molar-refractivity contribution in [3.63, 3.8) is 0 Å². The zero-order chi connectivity index (χ0) is 13.0. The Hall–Kier alpha value is -1.98. The predicted molar refractivity (Wildman–Crippen MR) is 55.3 cm³/mol. The number of rotatable bonds is 4. The van der Waals surface area contributed by atoms with Crippen molar-refractivity contribution in [3.05, 3.63) is 35.4 Å². The number of carbonyl (C=O) groups is 2. The summed E-state index contributed by atoms with van der Waals surface area (Å²) in [5.74, 6) is -3.99. The molecule has 1 aromatic carbocycles. The minimum absolute atomic E-state index is 0.0915. The molecular formula is C11H11F2NO3. The molecule has 92 valence electrons. The van der Waals surface area contributed by atoms with Crippen LogP contribution in [0.25, 0.3) is 0 Å². The van der Waals surface area contributed by atoms with Gasteiger partial charge in [0.05, 0.1) is 0 Å². The van der Waals surface area contributed by atoms with Crippen molar-refractivity contribution in [2.75, 3.05) is 0 Å². The largest absolute Gasteiger partial charge is 0.480 e. The van der Waals surface area contributed by atoms with Gasteiger partial charge in [0.15, 0.2) is 11.6 Å². The third-order valence-electron chi connectivity index (χ3n) is 2.13. The van der Waals surface area contributed by atoms with E-state index in [-0.39, 0.29) is 12.0 Å². The Bertz CT molecular complexity index is 448. The summed E-state index contributed by atoms with van der Waals surface area (Å²) >= 11 is 0. The average molecular weight is 243 g/mol. The molecule has 0 aromatic heterocycles. The Balaban J connectivity index is 2.90. The van der Waals surface area contributed by atoms with Crippen molar-refractivity contribution in [1.82, 2.24) is 5.32 Å². The maximum Gasteiger partial charge on any atom is 0.326 e. The summed E-state index contributed by atoms with van der Waals surface area (Å²) in [6, 6.07) is 2.22. The van der Waals surface area contributed by atoms with Gasteiger partial charge in [0.1, 0.15) is 6.04 Å². The first kappa shape index (κ1) is 13.1. The van der Waals surface area contributed by atoms with E-state index in [1.807, 2.05) is 0 Å². The molecule has 0 heterocycles. The van der Waals surface area contributed by atoms with Gasteiger partial charge in [0.2, 0.25) is 5.91 Å². The molecule has 0 radical (unpaired) electrons. The third kappa shape index (κ3) is 3.51. The van der Waals surface area contributed by atoms with Crippen molar-refractivity contribution in [2.45, 2.75) is 19.4 Å². The van der Waals surface area contributed by atoms with Crippen LogP contribution in [0.2, 0.25) is 0 Å². The molecule has 0 aliphatic rings. The van der Waals surface area contributed by atoms with Gasteiger partial charge >= 0.3 is 5.97 Å². The van der Waals surface area contributed by atoms with Crippen molar-refractivity contribution in [1.29, 1.82) is 0 Å². The number of hydrogen-bond donors (Lipinski definition) is 2. The molecule has 1 amide bonds. The lowest BCUT2D eigenvalue weighted by Crippen LogP contribution is -2.41. The number of nitrogens with one attached hydrogen (secondary N) is 1. The zero-order valence-corrected chi connectivity index (χ0v) is 9.04. The number of hydrogen-bond acceptors (Lipinski definition) is 2.